The van der Waals surface area contributed by atoms with Gasteiger partial charge in [0, 0.05) is 50.0 Å². The van der Waals surface area contributed by atoms with E-state index >= 15 is 0 Å². The van der Waals surface area contributed by atoms with Gasteiger partial charge in [-0.1, -0.05) is 13.0 Å². The lowest BCUT2D eigenvalue weighted by Crippen LogP contribution is -2.38. The van der Waals surface area contributed by atoms with Crippen LogP contribution >= 0.6 is 11.3 Å². The number of benzene rings is 1. The number of sulfonamides is 1. The van der Waals surface area contributed by atoms with Crippen LogP contribution in [0.5, 0.6) is 0 Å². The monoisotopic (exact) mass is 494 g/mol. The second kappa shape index (κ2) is 10.8. The minimum atomic E-state index is -3.64. The molecule has 3 rings (SSSR count). The van der Waals surface area contributed by atoms with Gasteiger partial charge in [0.2, 0.25) is 10.0 Å². The summed E-state index contributed by atoms with van der Waals surface area (Å²) in [7, 11) is 0.134. The summed E-state index contributed by atoms with van der Waals surface area (Å²) in [6.07, 6.45) is 4.85. The number of aromatic nitrogens is 1. The summed E-state index contributed by atoms with van der Waals surface area (Å²) in [6.45, 7) is 5.76. The highest BCUT2D eigenvalue weighted by atomic mass is 32.2. The van der Waals surface area contributed by atoms with Crippen molar-refractivity contribution in [1.82, 2.24) is 15.0 Å². The first-order valence-electron chi connectivity index (χ1n) is 11.3. The van der Waals surface area contributed by atoms with Gasteiger partial charge in [-0.05, 0) is 51.7 Å². The highest BCUT2D eigenvalue weighted by Crippen LogP contribution is 2.40. The van der Waals surface area contributed by atoms with Crippen LogP contribution in [0.4, 0.5) is 10.5 Å². The number of nitrogens with zero attached hydrogens (tertiary/aromatic N) is 2. The molecule has 1 aliphatic rings. The van der Waals surface area contributed by atoms with Crippen LogP contribution in [0.25, 0.3) is 10.4 Å². The standard InChI is InChI=1S/C23H34N4O4S2/c1-6-25-33(29,30)21-13-18(27(4)5)11-12-19(21)20-14-24-22(32-20)16-7-9-17(10-8-16)26-23(28)31-15(2)3/h11-17,25H,6-10H2,1-5H3,(H,26,28). The van der Waals surface area contributed by atoms with Crippen LogP contribution in [0, 0.1) is 0 Å². The molecule has 0 saturated heterocycles. The quantitative estimate of drug-likeness (QED) is 0.566. The molecule has 1 amide bonds. The minimum Gasteiger partial charge on any atom is -0.447 e. The van der Waals surface area contributed by atoms with E-state index in [2.05, 4.69) is 15.0 Å². The third kappa shape index (κ3) is 6.45. The number of alkyl carbamates (subject to hydrolysis) is 1. The highest BCUT2D eigenvalue weighted by Gasteiger charge is 2.27. The zero-order valence-electron chi connectivity index (χ0n) is 19.9. The average Bonchev–Trinajstić information content (AvgIpc) is 3.23. The Kier molecular flexibility index (Phi) is 8.36. The molecule has 2 N–H and O–H groups in total. The van der Waals surface area contributed by atoms with Crippen molar-refractivity contribution in [2.75, 3.05) is 25.5 Å². The molecule has 1 aliphatic carbocycles. The molecular weight excluding hydrogens is 460 g/mol. The van der Waals surface area contributed by atoms with Crippen molar-refractivity contribution in [2.24, 2.45) is 0 Å². The summed E-state index contributed by atoms with van der Waals surface area (Å²) in [6, 6.07) is 5.60. The lowest BCUT2D eigenvalue weighted by Gasteiger charge is -2.28. The van der Waals surface area contributed by atoms with Crippen molar-refractivity contribution in [3.05, 3.63) is 29.4 Å². The number of hydrogen-bond donors (Lipinski definition) is 2. The molecule has 0 unspecified atom stereocenters. The first-order valence-corrected chi connectivity index (χ1v) is 13.6. The van der Waals surface area contributed by atoms with E-state index < -0.39 is 10.0 Å². The fraction of sp³-hybridized carbons (Fsp3) is 0.565. The number of carbonyl (C=O) groups is 1. The normalized spacial score (nSPS) is 18.8. The molecule has 0 atom stereocenters. The van der Waals surface area contributed by atoms with Crippen molar-refractivity contribution in [3.8, 4) is 10.4 Å². The fourth-order valence-electron chi connectivity index (χ4n) is 3.98. The molecule has 0 aliphatic heterocycles. The summed E-state index contributed by atoms with van der Waals surface area (Å²) >= 11 is 1.55. The van der Waals surface area contributed by atoms with Gasteiger partial charge in [0.05, 0.1) is 20.9 Å². The Bertz CT molecular complexity index is 1060. The van der Waals surface area contributed by atoms with Gasteiger partial charge in [0.15, 0.2) is 0 Å². The number of hydrogen-bond acceptors (Lipinski definition) is 7. The maximum Gasteiger partial charge on any atom is 0.407 e. The van der Waals surface area contributed by atoms with Crippen molar-refractivity contribution >= 4 is 33.1 Å². The van der Waals surface area contributed by atoms with Crippen molar-refractivity contribution in [3.63, 3.8) is 0 Å². The molecule has 2 aromatic rings. The first-order chi connectivity index (χ1) is 15.6. The zero-order valence-corrected chi connectivity index (χ0v) is 21.6. The Morgan fingerprint density at radius 3 is 2.55 bits per heavy atom. The SMILES string of the molecule is CCNS(=O)(=O)c1cc(N(C)C)ccc1-c1cnc(C2CCC(NC(=O)OC(C)C)CC2)s1. The Morgan fingerprint density at radius 1 is 1.24 bits per heavy atom. The maximum absolute atomic E-state index is 12.9. The third-order valence-corrected chi connectivity index (χ3v) is 8.41. The van der Waals surface area contributed by atoms with Crippen LogP contribution in [0.15, 0.2) is 29.3 Å². The number of anilines is 1. The molecular formula is C23H34N4O4S2. The lowest BCUT2D eigenvalue weighted by atomic mass is 9.86. The van der Waals surface area contributed by atoms with Crippen LogP contribution in [0.1, 0.15) is 57.4 Å². The van der Waals surface area contributed by atoms with Gasteiger partial charge < -0.3 is 15.0 Å². The number of ether oxygens (including phenoxy) is 1. The molecule has 8 nitrogen and oxygen atoms in total. The molecule has 33 heavy (non-hydrogen) atoms. The van der Waals surface area contributed by atoms with E-state index in [9.17, 15) is 13.2 Å². The second-order valence-electron chi connectivity index (χ2n) is 8.79. The minimum absolute atomic E-state index is 0.113. The van der Waals surface area contributed by atoms with E-state index in [1.165, 1.54) is 0 Å². The molecule has 10 heteroatoms. The average molecular weight is 495 g/mol. The Morgan fingerprint density at radius 2 is 1.94 bits per heavy atom. The molecule has 1 heterocycles. The highest BCUT2D eigenvalue weighted by molar-refractivity contribution is 7.89. The van der Waals surface area contributed by atoms with Crippen LogP contribution in [0.2, 0.25) is 0 Å². The zero-order chi connectivity index (χ0) is 24.2. The van der Waals surface area contributed by atoms with Gasteiger partial charge in [0.1, 0.15) is 0 Å². The molecule has 0 bridgehead atoms. The number of carbonyl (C=O) groups excluding carboxylic acids is 1. The molecule has 1 saturated carbocycles. The molecule has 182 valence electrons. The van der Waals surface area contributed by atoms with E-state index in [-0.39, 0.29) is 23.1 Å². The van der Waals surface area contributed by atoms with Crippen LogP contribution < -0.4 is 14.9 Å². The van der Waals surface area contributed by atoms with Gasteiger partial charge in [0.25, 0.3) is 0 Å². The van der Waals surface area contributed by atoms with E-state index in [1.54, 1.807) is 30.5 Å². The van der Waals surface area contributed by atoms with Crippen molar-refractivity contribution < 1.29 is 17.9 Å². The van der Waals surface area contributed by atoms with Crippen molar-refractivity contribution in [1.29, 1.82) is 0 Å². The number of nitrogens with one attached hydrogen (secondary N) is 2. The van der Waals surface area contributed by atoms with Crippen LogP contribution in [0.3, 0.4) is 0 Å². The summed E-state index contributed by atoms with van der Waals surface area (Å²) in [5.74, 6) is 0.304. The van der Waals surface area contributed by atoms with E-state index in [1.807, 2.05) is 45.0 Å². The van der Waals surface area contributed by atoms with E-state index in [4.69, 9.17) is 4.74 Å². The smallest absolute Gasteiger partial charge is 0.407 e. The first kappa shape index (κ1) is 25.5. The number of amides is 1. The summed E-state index contributed by atoms with van der Waals surface area (Å²) in [5.41, 5.74) is 1.49. The number of rotatable bonds is 8. The third-order valence-electron chi connectivity index (χ3n) is 5.64. The summed E-state index contributed by atoms with van der Waals surface area (Å²) in [4.78, 5) is 19.5. The molecule has 1 aromatic heterocycles. The lowest BCUT2D eigenvalue weighted by molar-refractivity contribution is 0.109. The van der Waals surface area contributed by atoms with E-state index in [0.717, 1.165) is 41.3 Å². The topological polar surface area (TPSA) is 101 Å². The second-order valence-corrected chi connectivity index (χ2v) is 11.6. The van der Waals surface area contributed by atoms with Gasteiger partial charge in [-0.2, -0.15) is 0 Å². The van der Waals surface area contributed by atoms with Gasteiger partial charge in [-0.25, -0.2) is 22.9 Å². The molecule has 0 radical (unpaired) electrons. The van der Waals surface area contributed by atoms with Crippen LogP contribution in [-0.4, -0.2) is 52.3 Å². The van der Waals surface area contributed by atoms with E-state index in [0.29, 0.717) is 18.0 Å². The van der Waals surface area contributed by atoms with Crippen molar-refractivity contribution in [2.45, 2.75) is 69.4 Å². The predicted octanol–water partition coefficient (Wildman–Crippen LogP) is 4.34. The maximum atomic E-state index is 12.9. The van der Waals surface area contributed by atoms with Gasteiger partial charge in [-0.15, -0.1) is 11.3 Å². The Balaban J connectivity index is 1.76. The fourth-order valence-corrected chi connectivity index (χ4v) is 6.45. The summed E-state index contributed by atoms with van der Waals surface area (Å²) in [5, 5.41) is 3.96. The molecule has 1 fully saturated rings. The molecule has 1 aromatic carbocycles. The molecule has 0 spiro atoms. The van der Waals surface area contributed by atoms with Gasteiger partial charge in [-0.3, -0.25) is 0 Å². The summed E-state index contributed by atoms with van der Waals surface area (Å²) < 4.78 is 33.6. The van der Waals surface area contributed by atoms with Crippen LogP contribution in [-0.2, 0) is 14.8 Å². The Hall–Kier alpha value is -2.17. The Labute approximate surface area is 200 Å². The number of thiazole rings is 1. The van der Waals surface area contributed by atoms with Gasteiger partial charge >= 0.3 is 6.09 Å². The largest absolute Gasteiger partial charge is 0.447 e. The predicted molar refractivity (Wildman–Crippen MR) is 132 cm³/mol.